The molecule has 14 nitrogen and oxygen atoms in total. The molecule has 4 amide bonds. The average molecular weight is 514 g/mol. The molecule has 2 aliphatic rings. The Morgan fingerprint density at radius 1 is 1.17 bits per heavy atom. The molecule has 1 aromatic carbocycles. The van der Waals surface area contributed by atoms with E-state index in [2.05, 4.69) is 15.1 Å². The molecule has 15 heteroatoms. The van der Waals surface area contributed by atoms with Crippen LogP contribution in [0, 0.1) is 5.92 Å². The number of esters is 1. The minimum atomic E-state index is -4.89. The number of nitrogens with one attached hydrogen (secondary N) is 2. The molecule has 3 rings (SSSR count). The van der Waals surface area contributed by atoms with Crippen LogP contribution >= 0.6 is 0 Å². The van der Waals surface area contributed by atoms with E-state index in [-0.39, 0.29) is 37.5 Å². The van der Waals surface area contributed by atoms with E-state index in [1.807, 2.05) is 0 Å². The highest BCUT2D eigenvalue weighted by Gasteiger charge is 2.49. The third-order valence-corrected chi connectivity index (χ3v) is 5.97. The van der Waals surface area contributed by atoms with E-state index in [4.69, 9.17) is 15.0 Å². The SMILES string of the molecule is CC(C)[C@H](N)C(=O)Oc1ccc(CC(=O)NNC(=O)[C@@H]2CC[C@@H]3CN2C(=O)N3OS(=O)(=O)O)cc1. The van der Waals surface area contributed by atoms with Gasteiger partial charge in [-0.25, -0.2) is 9.59 Å². The van der Waals surface area contributed by atoms with Gasteiger partial charge in [-0.15, -0.1) is 4.28 Å². The summed E-state index contributed by atoms with van der Waals surface area (Å²) in [6, 6.07) is 2.97. The van der Waals surface area contributed by atoms with E-state index >= 15 is 0 Å². The number of hydrogen-bond acceptors (Lipinski definition) is 9. The third-order valence-electron chi connectivity index (χ3n) is 5.62. The highest BCUT2D eigenvalue weighted by Crippen LogP contribution is 2.30. The van der Waals surface area contributed by atoms with Crippen LogP contribution in [-0.4, -0.2) is 71.4 Å². The van der Waals surface area contributed by atoms with Crippen LogP contribution in [0.3, 0.4) is 0 Å². The number of ether oxygens (including phenoxy) is 1. The molecule has 3 atom stereocenters. The first kappa shape index (κ1) is 26.3. The smallest absolute Gasteiger partial charge is 0.418 e. The number of carbonyl (C=O) groups excluding carboxylic acids is 4. The molecule has 0 aliphatic carbocycles. The second-order valence-corrected chi connectivity index (χ2v) is 9.56. The van der Waals surface area contributed by atoms with Gasteiger partial charge < -0.3 is 15.4 Å². The summed E-state index contributed by atoms with van der Waals surface area (Å²) in [5.41, 5.74) is 10.9. The maximum Gasteiger partial charge on any atom is 0.418 e. The molecule has 2 bridgehead atoms. The Balaban J connectivity index is 1.48. The quantitative estimate of drug-likeness (QED) is 0.149. The number of nitrogens with two attached hydrogens (primary N) is 1. The molecular formula is C20H27N5O9S. The van der Waals surface area contributed by atoms with Crippen LogP contribution in [0.1, 0.15) is 32.3 Å². The van der Waals surface area contributed by atoms with Crippen LogP contribution in [0.2, 0.25) is 0 Å². The summed E-state index contributed by atoms with van der Waals surface area (Å²) in [4.78, 5) is 50.1. The van der Waals surface area contributed by atoms with E-state index < -0.39 is 52.3 Å². The highest BCUT2D eigenvalue weighted by atomic mass is 32.3. The van der Waals surface area contributed by atoms with Crippen molar-refractivity contribution < 1.29 is 41.2 Å². The average Bonchev–Trinajstić information content (AvgIpc) is 3.01. The Hall–Kier alpha value is -3.27. The molecule has 2 fully saturated rings. The Morgan fingerprint density at radius 2 is 1.83 bits per heavy atom. The lowest BCUT2D eigenvalue weighted by atomic mass is 10.0. The maximum atomic E-state index is 12.5. The summed E-state index contributed by atoms with van der Waals surface area (Å²) in [6.45, 7) is 3.63. The molecule has 0 radical (unpaired) electrons. The minimum Gasteiger partial charge on any atom is -0.425 e. The van der Waals surface area contributed by atoms with Gasteiger partial charge in [-0.3, -0.25) is 25.0 Å². The molecule has 0 unspecified atom stereocenters. The van der Waals surface area contributed by atoms with Gasteiger partial charge in [0, 0.05) is 6.54 Å². The van der Waals surface area contributed by atoms with Crippen LogP contribution in [0.25, 0.3) is 0 Å². The van der Waals surface area contributed by atoms with Crippen molar-refractivity contribution in [2.24, 2.45) is 11.7 Å². The normalized spacial score (nSPS) is 20.5. The molecule has 0 saturated carbocycles. The third kappa shape index (κ3) is 6.66. The molecule has 192 valence electrons. The summed E-state index contributed by atoms with van der Waals surface area (Å²) < 4.78 is 40.2. The molecular weight excluding hydrogens is 486 g/mol. The fourth-order valence-corrected chi connectivity index (χ4v) is 4.07. The van der Waals surface area contributed by atoms with E-state index in [1.54, 1.807) is 26.0 Å². The fraction of sp³-hybridized carbons (Fsp3) is 0.500. The Kier molecular flexibility index (Phi) is 7.94. The Morgan fingerprint density at radius 3 is 2.43 bits per heavy atom. The fourth-order valence-electron chi connectivity index (χ4n) is 3.68. The lowest BCUT2D eigenvalue weighted by Crippen LogP contribution is -2.54. The molecule has 5 N–H and O–H groups in total. The number of hydrazine groups is 1. The first-order chi connectivity index (χ1) is 16.4. The number of hydroxylamine groups is 2. The van der Waals surface area contributed by atoms with Gasteiger partial charge in [0.05, 0.1) is 12.5 Å². The number of fused-ring (bicyclic) bond motifs is 2. The summed E-state index contributed by atoms with van der Waals surface area (Å²) in [5, 5.41) is 0.526. The topological polar surface area (TPSA) is 198 Å². The number of amides is 4. The Labute approximate surface area is 201 Å². The van der Waals surface area contributed by atoms with E-state index in [0.29, 0.717) is 10.6 Å². The largest absolute Gasteiger partial charge is 0.425 e. The predicted octanol–water partition coefficient (Wildman–Crippen LogP) is -0.732. The second-order valence-electron chi connectivity index (χ2n) is 8.56. The van der Waals surface area contributed by atoms with Crippen molar-refractivity contribution in [3.63, 3.8) is 0 Å². The first-order valence-electron chi connectivity index (χ1n) is 10.8. The van der Waals surface area contributed by atoms with Gasteiger partial charge >= 0.3 is 22.4 Å². The zero-order valence-electron chi connectivity index (χ0n) is 19.0. The molecule has 0 aromatic heterocycles. The zero-order chi connectivity index (χ0) is 25.9. The lowest BCUT2D eigenvalue weighted by Gasteiger charge is -2.29. The summed E-state index contributed by atoms with van der Waals surface area (Å²) in [6.07, 6.45) is 0.359. The number of nitrogens with zero attached hydrogens (tertiary/aromatic N) is 2. The minimum absolute atomic E-state index is 0.0272. The standard InChI is InChI=1S/C20H27N5O9S/c1-11(2)17(21)19(28)33-14-6-3-12(4-7-14)9-16(26)22-23-18(27)15-8-5-13-10-24(15)20(29)25(13)34-35(30,31)32/h3-4,6-7,11,13,15,17H,5,8-10,21H2,1-2H3,(H,22,26)(H,23,27)(H,30,31,32)/t13-,15+,17+/m1/s1. The number of carbonyl (C=O) groups is 4. The molecule has 35 heavy (non-hydrogen) atoms. The van der Waals surface area contributed by atoms with Gasteiger partial charge in [0.1, 0.15) is 17.8 Å². The van der Waals surface area contributed by atoms with Crippen molar-refractivity contribution in [3.05, 3.63) is 29.8 Å². The zero-order valence-corrected chi connectivity index (χ0v) is 19.9. The van der Waals surface area contributed by atoms with E-state index in [9.17, 15) is 27.6 Å². The summed E-state index contributed by atoms with van der Waals surface area (Å²) in [5.74, 6) is -1.57. The van der Waals surface area contributed by atoms with Crippen LogP contribution in [-0.2, 0) is 35.5 Å². The number of piperidine rings is 1. The van der Waals surface area contributed by atoms with Gasteiger partial charge in [0.15, 0.2) is 0 Å². The molecule has 1 aromatic rings. The summed E-state index contributed by atoms with van der Waals surface area (Å²) >= 11 is 0. The van der Waals surface area contributed by atoms with Gasteiger partial charge in [0.25, 0.3) is 5.91 Å². The lowest BCUT2D eigenvalue weighted by molar-refractivity contribution is -0.136. The van der Waals surface area contributed by atoms with Gasteiger partial charge in [-0.2, -0.15) is 13.5 Å². The number of hydrogen-bond donors (Lipinski definition) is 4. The van der Waals surface area contributed by atoms with Crippen molar-refractivity contribution in [2.45, 2.75) is 51.2 Å². The van der Waals surface area contributed by atoms with E-state index in [1.165, 1.54) is 12.1 Å². The molecule has 2 aliphatic heterocycles. The van der Waals surface area contributed by atoms with Crippen LogP contribution in [0.4, 0.5) is 4.79 Å². The second kappa shape index (κ2) is 10.6. The number of rotatable bonds is 8. The molecule has 2 saturated heterocycles. The van der Waals surface area contributed by atoms with Gasteiger partial charge in [-0.1, -0.05) is 26.0 Å². The maximum absolute atomic E-state index is 12.5. The Bertz CT molecular complexity index is 1090. The van der Waals surface area contributed by atoms with Crippen LogP contribution in [0.5, 0.6) is 5.75 Å². The molecule has 2 heterocycles. The van der Waals surface area contributed by atoms with E-state index in [0.717, 1.165) is 4.90 Å². The van der Waals surface area contributed by atoms with Crippen LogP contribution < -0.4 is 21.3 Å². The number of benzene rings is 1. The number of urea groups is 1. The van der Waals surface area contributed by atoms with Gasteiger partial charge in [0.2, 0.25) is 5.91 Å². The predicted molar refractivity (Wildman–Crippen MR) is 118 cm³/mol. The van der Waals surface area contributed by atoms with Crippen molar-refractivity contribution in [2.75, 3.05) is 6.54 Å². The van der Waals surface area contributed by atoms with Crippen LogP contribution in [0.15, 0.2) is 24.3 Å². The van der Waals surface area contributed by atoms with Crippen molar-refractivity contribution in [1.82, 2.24) is 20.8 Å². The first-order valence-corrected chi connectivity index (χ1v) is 12.1. The monoisotopic (exact) mass is 513 g/mol. The molecule has 0 spiro atoms. The van der Waals surface area contributed by atoms with Crippen molar-refractivity contribution in [1.29, 1.82) is 0 Å². The van der Waals surface area contributed by atoms with Crippen molar-refractivity contribution >= 4 is 34.2 Å². The summed E-state index contributed by atoms with van der Waals surface area (Å²) in [7, 11) is -4.89. The van der Waals surface area contributed by atoms with Gasteiger partial charge in [-0.05, 0) is 36.5 Å². The van der Waals surface area contributed by atoms with Crippen molar-refractivity contribution in [3.8, 4) is 5.75 Å². The highest BCUT2D eigenvalue weighted by molar-refractivity contribution is 7.80.